The standard InChI is InChI=1S/C23H21FN6O/c1-14-27-28-22-26-21(18-12-16(24)13-25-20(18)30(14)22)29-11-5-7-17-15(6-4-8-19(17)29)9-10-23(2,3)31/h4,6,8,12-13,31H,5,7,11H2,1-3H3. The Bertz CT molecular complexity index is 1390. The molecule has 0 spiro atoms. The number of hydrogen-bond acceptors (Lipinski definition) is 6. The Morgan fingerprint density at radius 1 is 1.23 bits per heavy atom. The third-order valence-electron chi connectivity index (χ3n) is 5.31. The van der Waals surface area contributed by atoms with Gasteiger partial charge in [-0.05, 0) is 57.4 Å². The summed E-state index contributed by atoms with van der Waals surface area (Å²) in [5.41, 5.74) is 2.41. The first-order chi connectivity index (χ1) is 14.8. The van der Waals surface area contributed by atoms with Crippen molar-refractivity contribution in [1.82, 2.24) is 24.6 Å². The lowest BCUT2D eigenvalue weighted by atomic mass is 9.95. The molecule has 4 heterocycles. The summed E-state index contributed by atoms with van der Waals surface area (Å²) >= 11 is 0. The molecule has 3 aromatic heterocycles. The maximum Gasteiger partial charge on any atom is 0.258 e. The minimum atomic E-state index is -1.07. The van der Waals surface area contributed by atoms with Gasteiger partial charge in [0.1, 0.15) is 23.1 Å². The molecule has 0 unspecified atom stereocenters. The molecular weight excluding hydrogens is 395 g/mol. The molecule has 0 aliphatic carbocycles. The molecule has 156 valence electrons. The molecule has 0 fully saturated rings. The lowest BCUT2D eigenvalue weighted by Gasteiger charge is -2.31. The Kier molecular flexibility index (Phi) is 4.38. The molecular formula is C23H21FN6O. The number of pyridine rings is 1. The lowest BCUT2D eigenvalue weighted by Crippen LogP contribution is -2.26. The van der Waals surface area contributed by atoms with Gasteiger partial charge in [-0.25, -0.2) is 13.8 Å². The van der Waals surface area contributed by atoms with E-state index >= 15 is 0 Å². The van der Waals surface area contributed by atoms with Gasteiger partial charge in [0.25, 0.3) is 5.78 Å². The average Bonchev–Trinajstić information content (AvgIpc) is 3.11. The predicted molar refractivity (Wildman–Crippen MR) is 116 cm³/mol. The topological polar surface area (TPSA) is 79.4 Å². The summed E-state index contributed by atoms with van der Waals surface area (Å²) in [5, 5.41) is 18.9. The zero-order valence-corrected chi connectivity index (χ0v) is 17.5. The lowest BCUT2D eigenvalue weighted by molar-refractivity contribution is 0.143. The van der Waals surface area contributed by atoms with Gasteiger partial charge in [-0.1, -0.05) is 17.9 Å². The molecule has 0 saturated heterocycles. The maximum atomic E-state index is 14.2. The predicted octanol–water partition coefficient (Wildman–Crippen LogP) is 3.33. The van der Waals surface area contributed by atoms with E-state index in [0.717, 1.165) is 36.2 Å². The molecule has 0 radical (unpaired) electrons. The Balaban J connectivity index is 1.74. The van der Waals surface area contributed by atoms with E-state index < -0.39 is 11.4 Å². The number of anilines is 2. The summed E-state index contributed by atoms with van der Waals surface area (Å²) in [6, 6.07) is 7.37. The second kappa shape index (κ2) is 7.00. The van der Waals surface area contributed by atoms with Gasteiger partial charge in [0.15, 0.2) is 5.65 Å². The van der Waals surface area contributed by atoms with Crippen molar-refractivity contribution in [2.45, 2.75) is 39.2 Å². The molecule has 7 nitrogen and oxygen atoms in total. The van der Waals surface area contributed by atoms with Crippen LogP contribution in [0.3, 0.4) is 0 Å². The summed E-state index contributed by atoms with van der Waals surface area (Å²) in [5.74, 6) is 7.24. The highest BCUT2D eigenvalue weighted by atomic mass is 19.1. The van der Waals surface area contributed by atoms with Gasteiger partial charge in [0.05, 0.1) is 11.6 Å². The van der Waals surface area contributed by atoms with E-state index in [4.69, 9.17) is 4.98 Å². The Morgan fingerprint density at radius 3 is 2.87 bits per heavy atom. The van der Waals surface area contributed by atoms with Gasteiger partial charge in [0.2, 0.25) is 0 Å². The summed E-state index contributed by atoms with van der Waals surface area (Å²) in [7, 11) is 0. The number of rotatable bonds is 1. The highest BCUT2D eigenvalue weighted by molar-refractivity contribution is 5.92. The first-order valence-electron chi connectivity index (χ1n) is 10.1. The molecule has 5 rings (SSSR count). The second-order valence-electron chi connectivity index (χ2n) is 8.21. The van der Waals surface area contributed by atoms with E-state index in [1.807, 2.05) is 25.1 Å². The highest BCUT2D eigenvalue weighted by Crippen LogP contribution is 2.37. The summed E-state index contributed by atoms with van der Waals surface area (Å²) < 4.78 is 15.9. The van der Waals surface area contributed by atoms with Crippen LogP contribution in [0.1, 0.15) is 37.2 Å². The van der Waals surface area contributed by atoms with Crippen LogP contribution in [0.25, 0.3) is 16.8 Å². The third kappa shape index (κ3) is 3.37. The minimum Gasteiger partial charge on any atom is -0.378 e. The first kappa shape index (κ1) is 19.4. The van der Waals surface area contributed by atoms with Crippen LogP contribution in [0.2, 0.25) is 0 Å². The molecule has 0 bridgehead atoms. The Hall–Kier alpha value is -3.57. The fourth-order valence-corrected chi connectivity index (χ4v) is 3.99. The van der Waals surface area contributed by atoms with E-state index in [1.54, 1.807) is 18.2 Å². The molecule has 1 aliphatic heterocycles. The third-order valence-corrected chi connectivity index (χ3v) is 5.31. The van der Waals surface area contributed by atoms with Crippen molar-refractivity contribution >= 4 is 28.3 Å². The largest absolute Gasteiger partial charge is 0.378 e. The van der Waals surface area contributed by atoms with Gasteiger partial charge in [-0.15, -0.1) is 10.2 Å². The monoisotopic (exact) mass is 416 g/mol. The SMILES string of the molecule is Cc1nnc2nc(N3CCCc4c(C#CC(C)(C)O)cccc43)c3cc(F)cnc3n12. The normalized spacial score (nSPS) is 13.9. The number of halogens is 1. The van der Waals surface area contributed by atoms with Crippen LogP contribution in [-0.2, 0) is 6.42 Å². The van der Waals surface area contributed by atoms with Crippen molar-refractivity contribution in [3.05, 3.63) is 53.2 Å². The zero-order valence-electron chi connectivity index (χ0n) is 17.5. The number of benzene rings is 1. The molecule has 0 amide bonds. The van der Waals surface area contributed by atoms with Crippen LogP contribution in [0, 0.1) is 24.6 Å². The number of fused-ring (bicyclic) bond motifs is 4. The fraction of sp³-hybridized carbons (Fsp3) is 0.304. The number of aliphatic hydroxyl groups is 1. The van der Waals surface area contributed by atoms with Gasteiger partial charge >= 0.3 is 0 Å². The van der Waals surface area contributed by atoms with Gasteiger partial charge in [-0.3, -0.25) is 0 Å². The second-order valence-corrected chi connectivity index (χ2v) is 8.21. The van der Waals surface area contributed by atoms with Crippen molar-refractivity contribution in [1.29, 1.82) is 0 Å². The van der Waals surface area contributed by atoms with Crippen LogP contribution >= 0.6 is 0 Å². The van der Waals surface area contributed by atoms with Crippen molar-refractivity contribution in [2.75, 3.05) is 11.4 Å². The number of aromatic nitrogens is 5. The average molecular weight is 416 g/mol. The Labute approximate surface area is 178 Å². The first-order valence-corrected chi connectivity index (χ1v) is 10.1. The summed E-state index contributed by atoms with van der Waals surface area (Å²) in [6.45, 7) is 5.86. The molecule has 8 heteroatoms. The number of nitrogens with zero attached hydrogens (tertiary/aromatic N) is 6. The Morgan fingerprint density at radius 2 is 2.06 bits per heavy atom. The zero-order chi connectivity index (χ0) is 21.8. The fourth-order valence-electron chi connectivity index (χ4n) is 3.99. The molecule has 0 atom stereocenters. The van der Waals surface area contributed by atoms with E-state index in [1.165, 1.54) is 12.3 Å². The van der Waals surface area contributed by atoms with Crippen LogP contribution in [-0.4, -0.2) is 41.8 Å². The maximum absolute atomic E-state index is 14.2. The van der Waals surface area contributed by atoms with Crippen LogP contribution < -0.4 is 4.90 Å². The van der Waals surface area contributed by atoms with E-state index in [2.05, 4.69) is 31.9 Å². The van der Waals surface area contributed by atoms with Crippen LogP contribution in [0.5, 0.6) is 0 Å². The minimum absolute atomic E-state index is 0.421. The number of aryl methyl sites for hydroxylation is 1. The highest BCUT2D eigenvalue weighted by Gasteiger charge is 2.25. The summed E-state index contributed by atoms with van der Waals surface area (Å²) in [6.07, 6.45) is 2.94. The quantitative estimate of drug-likeness (QED) is 0.480. The van der Waals surface area contributed by atoms with Crippen LogP contribution in [0.15, 0.2) is 30.5 Å². The molecule has 0 saturated carbocycles. The van der Waals surface area contributed by atoms with Crippen molar-refractivity contribution in [3.8, 4) is 11.8 Å². The molecule has 4 aromatic rings. The van der Waals surface area contributed by atoms with E-state index in [-0.39, 0.29) is 0 Å². The smallest absolute Gasteiger partial charge is 0.258 e. The van der Waals surface area contributed by atoms with Crippen LogP contribution in [0.4, 0.5) is 15.9 Å². The molecule has 1 aromatic carbocycles. The van der Waals surface area contributed by atoms with Crippen molar-refractivity contribution in [3.63, 3.8) is 0 Å². The van der Waals surface area contributed by atoms with Gasteiger partial charge in [0, 0.05) is 17.8 Å². The van der Waals surface area contributed by atoms with Crippen molar-refractivity contribution in [2.24, 2.45) is 0 Å². The molecule has 31 heavy (non-hydrogen) atoms. The van der Waals surface area contributed by atoms with Crippen molar-refractivity contribution < 1.29 is 9.50 Å². The van der Waals surface area contributed by atoms with E-state index in [0.29, 0.717) is 28.5 Å². The molecule has 1 aliphatic rings. The molecule has 1 N–H and O–H groups in total. The van der Waals surface area contributed by atoms with Gasteiger partial charge in [-0.2, -0.15) is 4.98 Å². The van der Waals surface area contributed by atoms with E-state index in [9.17, 15) is 9.50 Å². The summed E-state index contributed by atoms with van der Waals surface area (Å²) in [4.78, 5) is 11.1. The van der Waals surface area contributed by atoms with Gasteiger partial charge < -0.3 is 10.0 Å². The number of hydrogen-bond donors (Lipinski definition) is 1.